The SMILES string of the molecule is ClCCc1nc2cc(Cl)ccc2n1CCc1ccc(Cl)s1. The molecule has 0 saturated heterocycles. The molecule has 21 heavy (non-hydrogen) atoms. The fourth-order valence-electron chi connectivity index (χ4n) is 2.39. The van der Waals surface area contributed by atoms with Crippen molar-refractivity contribution in [2.24, 2.45) is 0 Å². The van der Waals surface area contributed by atoms with E-state index in [1.807, 2.05) is 24.3 Å². The van der Waals surface area contributed by atoms with Gasteiger partial charge in [0.15, 0.2) is 0 Å². The number of benzene rings is 1. The molecule has 0 bridgehead atoms. The second-order valence-electron chi connectivity index (χ2n) is 4.71. The van der Waals surface area contributed by atoms with Crippen LogP contribution in [0.2, 0.25) is 9.36 Å². The van der Waals surface area contributed by atoms with Gasteiger partial charge in [0.25, 0.3) is 0 Å². The fourth-order valence-corrected chi connectivity index (χ4v) is 3.80. The molecule has 1 aromatic carbocycles. The van der Waals surface area contributed by atoms with E-state index >= 15 is 0 Å². The molecule has 0 aliphatic carbocycles. The van der Waals surface area contributed by atoms with E-state index in [0.29, 0.717) is 10.9 Å². The molecule has 0 N–H and O–H groups in total. The first-order valence-corrected chi connectivity index (χ1v) is 8.73. The van der Waals surface area contributed by atoms with Gasteiger partial charge in [-0.15, -0.1) is 22.9 Å². The molecule has 0 radical (unpaired) electrons. The minimum atomic E-state index is 0.557. The molecule has 110 valence electrons. The number of nitrogens with zero attached hydrogens (tertiary/aromatic N) is 2. The van der Waals surface area contributed by atoms with E-state index in [9.17, 15) is 0 Å². The number of aryl methyl sites for hydroxylation is 3. The lowest BCUT2D eigenvalue weighted by molar-refractivity contribution is 0.679. The molecule has 0 aliphatic rings. The Morgan fingerprint density at radius 3 is 2.67 bits per heavy atom. The molecule has 0 saturated carbocycles. The summed E-state index contributed by atoms with van der Waals surface area (Å²) in [4.78, 5) is 5.92. The first-order valence-electron chi connectivity index (χ1n) is 6.62. The molecule has 0 spiro atoms. The summed E-state index contributed by atoms with van der Waals surface area (Å²) in [6, 6.07) is 9.82. The maximum Gasteiger partial charge on any atom is 0.111 e. The second kappa shape index (κ2) is 6.57. The van der Waals surface area contributed by atoms with Crippen LogP contribution in [0.3, 0.4) is 0 Å². The van der Waals surface area contributed by atoms with E-state index in [2.05, 4.69) is 15.6 Å². The average Bonchev–Trinajstić information content (AvgIpc) is 3.00. The molecule has 2 aromatic heterocycles. The summed E-state index contributed by atoms with van der Waals surface area (Å²) in [5.74, 6) is 1.56. The maximum absolute atomic E-state index is 6.04. The first kappa shape index (κ1) is 15.2. The van der Waals surface area contributed by atoms with E-state index in [1.165, 1.54) is 4.88 Å². The number of alkyl halides is 1. The van der Waals surface area contributed by atoms with Crippen molar-refractivity contribution in [1.82, 2.24) is 9.55 Å². The molecule has 0 aliphatic heterocycles. The van der Waals surface area contributed by atoms with E-state index < -0.39 is 0 Å². The second-order valence-corrected chi connectivity index (χ2v) is 7.32. The first-order chi connectivity index (χ1) is 10.2. The van der Waals surface area contributed by atoms with Crippen LogP contribution >= 0.6 is 46.1 Å². The van der Waals surface area contributed by atoms with Crippen LogP contribution in [0.5, 0.6) is 0 Å². The molecule has 0 atom stereocenters. The Hall–Kier alpha value is -0.740. The van der Waals surface area contributed by atoms with Gasteiger partial charge in [0.05, 0.1) is 15.4 Å². The Morgan fingerprint density at radius 1 is 1.10 bits per heavy atom. The van der Waals surface area contributed by atoms with Gasteiger partial charge in [-0.25, -0.2) is 4.98 Å². The highest BCUT2D eigenvalue weighted by Gasteiger charge is 2.11. The normalized spacial score (nSPS) is 11.4. The molecular formula is C15H13Cl3N2S. The molecule has 6 heteroatoms. The smallest absolute Gasteiger partial charge is 0.111 e. The number of imidazole rings is 1. The lowest BCUT2D eigenvalue weighted by Crippen LogP contribution is -2.06. The largest absolute Gasteiger partial charge is 0.328 e. The number of rotatable bonds is 5. The zero-order chi connectivity index (χ0) is 14.8. The summed E-state index contributed by atoms with van der Waals surface area (Å²) >= 11 is 19.5. The molecule has 2 heterocycles. The van der Waals surface area contributed by atoms with Crippen LogP contribution in [0.25, 0.3) is 11.0 Å². The molecule has 0 fully saturated rings. The van der Waals surface area contributed by atoms with Crippen molar-refractivity contribution >= 4 is 57.2 Å². The third-order valence-electron chi connectivity index (χ3n) is 3.32. The minimum absolute atomic E-state index is 0.557. The number of hydrogen-bond donors (Lipinski definition) is 0. The van der Waals surface area contributed by atoms with Gasteiger partial charge in [-0.3, -0.25) is 0 Å². The Bertz CT molecular complexity index is 763. The van der Waals surface area contributed by atoms with E-state index in [4.69, 9.17) is 34.8 Å². The van der Waals surface area contributed by atoms with Gasteiger partial charge in [0.2, 0.25) is 0 Å². The van der Waals surface area contributed by atoms with Crippen molar-refractivity contribution in [3.8, 4) is 0 Å². The minimum Gasteiger partial charge on any atom is -0.328 e. The lowest BCUT2D eigenvalue weighted by atomic mass is 10.3. The van der Waals surface area contributed by atoms with E-state index in [-0.39, 0.29) is 0 Å². The molecular weight excluding hydrogens is 347 g/mol. The molecule has 0 amide bonds. The molecule has 3 aromatic rings. The average molecular weight is 360 g/mol. The van der Waals surface area contributed by atoms with Gasteiger partial charge in [0.1, 0.15) is 5.82 Å². The number of aromatic nitrogens is 2. The van der Waals surface area contributed by atoms with Crippen LogP contribution in [-0.4, -0.2) is 15.4 Å². The monoisotopic (exact) mass is 358 g/mol. The van der Waals surface area contributed by atoms with Gasteiger partial charge < -0.3 is 4.57 Å². The zero-order valence-electron chi connectivity index (χ0n) is 11.2. The van der Waals surface area contributed by atoms with E-state index in [0.717, 1.165) is 40.6 Å². The van der Waals surface area contributed by atoms with Crippen molar-refractivity contribution in [2.75, 3.05) is 5.88 Å². The fraction of sp³-hybridized carbons (Fsp3) is 0.267. The maximum atomic E-state index is 6.04. The van der Waals surface area contributed by atoms with Crippen LogP contribution < -0.4 is 0 Å². The number of halogens is 3. The summed E-state index contributed by atoms with van der Waals surface area (Å²) in [6.07, 6.45) is 1.68. The molecule has 2 nitrogen and oxygen atoms in total. The Labute approximate surface area is 142 Å². The topological polar surface area (TPSA) is 17.8 Å². The van der Waals surface area contributed by atoms with Crippen LogP contribution in [0.15, 0.2) is 30.3 Å². The van der Waals surface area contributed by atoms with Gasteiger partial charge in [0, 0.05) is 28.7 Å². The van der Waals surface area contributed by atoms with Crippen LogP contribution in [0.4, 0.5) is 0 Å². The lowest BCUT2D eigenvalue weighted by Gasteiger charge is -2.07. The van der Waals surface area contributed by atoms with Gasteiger partial charge in [-0.2, -0.15) is 0 Å². The van der Waals surface area contributed by atoms with Gasteiger partial charge in [-0.1, -0.05) is 23.2 Å². The van der Waals surface area contributed by atoms with Crippen LogP contribution in [0, 0.1) is 0 Å². The van der Waals surface area contributed by atoms with Crippen molar-refractivity contribution in [1.29, 1.82) is 0 Å². The van der Waals surface area contributed by atoms with Crippen LogP contribution in [-0.2, 0) is 19.4 Å². The van der Waals surface area contributed by atoms with Crippen molar-refractivity contribution in [3.63, 3.8) is 0 Å². The molecule has 3 rings (SSSR count). The van der Waals surface area contributed by atoms with Crippen LogP contribution in [0.1, 0.15) is 10.7 Å². The number of thiophene rings is 1. The summed E-state index contributed by atoms with van der Waals surface area (Å²) in [7, 11) is 0. The van der Waals surface area contributed by atoms with Crippen molar-refractivity contribution < 1.29 is 0 Å². The zero-order valence-corrected chi connectivity index (χ0v) is 14.2. The Kier molecular flexibility index (Phi) is 4.75. The predicted molar refractivity (Wildman–Crippen MR) is 92.2 cm³/mol. The highest BCUT2D eigenvalue weighted by atomic mass is 35.5. The summed E-state index contributed by atoms with van der Waals surface area (Å²) in [5.41, 5.74) is 2.02. The van der Waals surface area contributed by atoms with Crippen molar-refractivity contribution in [2.45, 2.75) is 19.4 Å². The van der Waals surface area contributed by atoms with Gasteiger partial charge >= 0.3 is 0 Å². The molecule has 0 unspecified atom stereocenters. The summed E-state index contributed by atoms with van der Waals surface area (Å²) in [5, 5.41) is 0.703. The Balaban J connectivity index is 1.92. The number of hydrogen-bond acceptors (Lipinski definition) is 2. The van der Waals surface area contributed by atoms with Gasteiger partial charge in [-0.05, 0) is 36.8 Å². The third-order valence-corrected chi connectivity index (χ3v) is 5.03. The quantitative estimate of drug-likeness (QED) is 0.555. The highest BCUT2D eigenvalue weighted by molar-refractivity contribution is 7.16. The standard InChI is InChI=1S/C15H13Cl3N2S/c16-7-5-15-19-12-9-10(17)1-3-13(12)20(15)8-6-11-2-4-14(18)21-11/h1-4,9H,5-8H2. The number of fused-ring (bicyclic) bond motifs is 1. The predicted octanol–water partition coefficient (Wildman–Crippen LogP) is 5.43. The third kappa shape index (κ3) is 3.37. The highest BCUT2D eigenvalue weighted by Crippen LogP contribution is 2.25. The summed E-state index contributed by atoms with van der Waals surface area (Å²) in [6.45, 7) is 0.862. The summed E-state index contributed by atoms with van der Waals surface area (Å²) < 4.78 is 3.05. The van der Waals surface area contributed by atoms with E-state index in [1.54, 1.807) is 11.3 Å². The van der Waals surface area contributed by atoms with Crippen molar-refractivity contribution in [3.05, 3.63) is 50.4 Å². The Morgan fingerprint density at radius 2 is 1.95 bits per heavy atom.